The summed E-state index contributed by atoms with van der Waals surface area (Å²) in [7, 11) is 0. The molecule has 1 aromatic carbocycles. The van der Waals surface area contributed by atoms with Crippen LogP contribution < -0.4 is 0 Å². The lowest BCUT2D eigenvalue weighted by Crippen LogP contribution is -1.96. The van der Waals surface area contributed by atoms with Crippen LogP contribution in [0.1, 0.15) is 22.5 Å². The van der Waals surface area contributed by atoms with E-state index in [2.05, 4.69) is 26.3 Å². The average molecular weight is 311 g/mol. The Morgan fingerprint density at radius 2 is 2.00 bits per heavy atom. The van der Waals surface area contributed by atoms with Crippen LogP contribution in [-0.2, 0) is 0 Å². The molecule has 0 aliphatic carbocycles. The van der Waals surface area contributed by atoms with Crippen molar-refractivity contribution >= 4 is 18.4 Å². The molecule has 0 saturated carbocycles. The topological polar surface area (TPSA) is 61.8 Å². The van der Waals surface area contributed by atoms with Crippen molar-refractivity contribution in [1.29, 1.82) is 0 Å². The Hall–Kier alpha value is -2.47. The van der Waals surface area contributed by atoms with E-state index >= 15 is 0 Å². The summed E-state index contributed by atoms with van der Waals surface area (Å²) in [4.78, 5) is 3.26. The number of nitrogens with zero attached hydrogens (tertiary/aromatic N) is 3. The van der Waals surface area contributed by atoms with E-state index in [1.54, 1.807) is 10.9 Å². The molecule has 2 aromatic heterocycles. The summed E-state index contributed by atoms with van der Waals surface area (Å²) < 4.78 is 2.12. The molecule has 3 rings (SSSR count). The van der Waals surface area contributed by atoms with Gasteiger partial charge in [-0.3, -0.25) is 0 Å². The van der Waals surface area contributed by atoms with Gasteiger partial charge in [0.05, 0.1) is 6.21 Å². The van der Waals surface area contributed by atoms with Gasteiger partial charge in [-0.05, 0) is 44.6 Å². The highest BCUT2D eigenvalue weighted by Crippen LogP contribution is 2.21. The molecule has 22 heavy (non-hydrogen) atoms. The first kappa shape index (κ1) is 14.5. The smallest absolute Gasteiger partial charge is 0.216 e. The maximum absolute atomic E-state index is 5.29. The summed E-state index contributed by atoms with van der Waals surface area (Å²) in [5, 5.41) is 11.6. The van der Waals surface area contributed by atoms with Gasteiger partial charge in [0.1, 0.15) is 0 Å². The van der Waals surface area contributed by atoms with Crippen LogP contribution in [0.2, 0.25) is 0 Å². The molecule has 0 fully saturated rings. The number of aromatic nitrogens is 4. The zero-order valence-electron chi connectivity index (χ0n) is 12.7. The predicted molar refractivity (Wildman–Crippen MR) is 90.8 cm³/mol. The first-order valence-electron chi connectivity index (χ1n) is 7.00. The SMILES string of the molecule is Cc1cc(/C=N/n2c(-c3ccccc3C)n[nH]c2=S)c(C)[nH]1. The van der Waals surface area contributed by atoms with E-state index in [0.717, 1.165) is 28.1 Å². The van der Waals surface area contributed by atoms with Gasteiger partial charge in [-0.1, -0.05) is 24.3 Å². The Kier molecular flexibility index (Phi) is 3.77. The van der Waals surface area contributed by atoms with Crippen LogP contribution in [0, 0.1) is 25.5 Å². The first-order chi connectivity index (χ1) is 10.6. The van der Waals surface area contributed by atoms with Gasteiger partial charge in [0.25, 0.3) is 0 Å². The molecule has 3 aromatic rings. The van der Waals surface area contributed by atoms with Crippen molar-refractivity contribution in [2.45, 2.75) is 20.8 Å². The summed E-state index contributed by atoms with van der Waals surface area (Å²) in [6, 6.07) is 10.1. The number of hydrogen-bond acceptors (Lipinski definition) is 3. The number of aromatic amines is 2. The molecule has 0 radical (unpaired) electrons. The third-order valence-corrected chi connectivity index (χ3v) is 3.80. The standard InChI is InChI=1S/C16H17N5S/c1-10-6-4-5-7-14(10)15-19-20-16(22)21(15)17-9-13-8-11(2)18-12(13)3/h4-9,18H,1-3H3,(H,20,22)/b17-9+. The van der Waals surface area contributed by atoms with Gasteiger partial charge < -0.3 is 4.98 Å². The van der Waals surface area contributed by atoms with E-state index < -0.39 is 0 Å². The molecule has 112 valence electrons. The minimum Gasteiger partial charge on any atom is -0.362 e. The second-order valence-electron chi connectivity index (χ2n) is 5.26. The molecule has 5 nitrogen and oxygen atoms in total. The maximum Gasteiger partial charge on any atom is 0.216 e. The molecule has 0 aliphatic rings. The van der Waals surface area contributed by atoms with E-state index in [-0.39, 0.29) is 0 Å². The van der Waals surface area contributed by atoms with Crippen molar-refractivity contribution in [3.8, 4) is 11.4 Å². The second kappa shape index (κ2) is 5.73. The third kappa shape index (κ3) is 2.65. The number of aryl methyl sites for hydroxylation is 3. The zero-order chi connectivity index (χ0) is 15.7. The molecule has 2 heterocycles. The third-order valence-electron chi connectivity index (χ3n) is 3.54. The van der Waals surface area contributed by atoms with Crippen LogP contribution in [0.4, 0.5) is 0 Å². The quantitative estimate of drug-likeness (QED) is 0.572. The minimum atomic E-state index is 0.472. The van der Waals surface area contributed by atoms with Gasteiger partial charge in [0.15, 0.2) is 5.82 Å². The normalized spacial score (nSPS) is 11.4. The Bertz CT molecular complexity index is 897. The van der Waals surface area contributed by atoms with Gasteiger partial charge in [-0.15, -0.1) is 0 Å². The van der Waals surface area contributed by atoms with Gasteiger partial charge >= 0.3 is 0 Å². The number of rotatable bonds is 3. The lowest BCUT2D eigenvalue weighted by atomic mass is 10.1. The fourth-order valence-corrected chi connectivity index (χ4v) is 2.58. The number of hydrogen-bond donors (Lipinski definition) is 2. The molecule has 0 unspecified atom stereocenters. The Morgan fingerprint density at radius 3 is 2.68 bits per heavy atom. The second-order valence-corrected chi connectivity index (χ2v) is 5.64. The fraction of sp³-hybridized carbons (Fsp3) is 0.188. The first-order valence-corrected chi connectivity index (χ1v) is 7.41. The van der Waals surface area contributed by atoms with Crippen LogP contribution in [-0.4, -0.2) is 26.1 Å². The molecular weight excluding hydrogens is 294 g/mol. The van der Waals surface area contributed by atoms with Crippen molar-refractivity contribution in [3.63, 3.8) is 0 Å². The van der Waals surface area contributed by atoms with E-state index in [4.69, 9.17) is 12.2 Å². The molecule has 0 aliphatic heterocycles. The molecule has 0 bridgehead atoms. The van der Waals surface area contributed by atoms with Crippen molar-refractivity contribution in [3.05, 3.63) is 57.6 Å². The van der Waals surface area contributed by atoms with Gasteiger partial charge in [-0.2, -0.15) is 14.9 Å². The minimum absolute atomic E-state index is 0.472. The molecular formula is C16H17N5S. The molecule has 0 spiro atoms. The van der Waals surface area contributed by atoms with E-state index in [1.807, 2.05) is 45.0 Å². The Balaban J connectivity index is 2.06. The Morgan fingerprint density at radius 1 is 1.23 bits per heavy atom. The molecule has 0 amide bonds. The summed E-state index contributed by atoms with van der Waals surface area (Å²) in [5.41, 5.74) is 5.36. The lowest BCUT2D eigenvalue weighted by molar-refractivity contribution is 0.870. The van der Waals surface area contributed by atoms with Crippen molar-refractivity contribution < 1.29 is 0 Å². The van der Waals surface area contributed by atoms with Gasteiger partial charge in [0, 0.05) is 22.5 Å². The van der Waals surface area contributed by atoms with Crippen LogP contribution in [0.3, 0.4) is 0 Å². The Labute approximate surface area is 133 Å². The highest BCUT2D eigenvalue weighted by atomic mass is 32.1. The molecule has 0 atom stereocenters. The fourth-order valence-electron chi connectivity index (χ4n) is 2.40. The van der Waals surface area contributed by atoms with Crippen LogP contribution in [0.25, 0.3) is 11.4 Å². The molecule has 6 heteroatoms. The molecule has 0 saturated heterocycles. The maximum atomic E-state index is 5.29. The van der Waals surface area contributed by atoms with Crippen molar-refractivity contribution in [1.82, 2.24) is 19.9 Å². The lowest BCUT2D eigenvalue weighted by Gasteiger charge is -2.04. The van der Waals surface area contributed by atoms with E-state index in [9.17, 15) is 0 Å². The van der Waals surface area contributed by atoms with Crippen molar-refractivity contribution in [2.75, 3.05) is 0 Å². The van der Waals surface area contributed by atoms with Crippen LogP contribution in [0.15, 0.2) is 35.4 Å². The predicted octanol–water partition coefficient (Wildman–Crippen LogP) is 3.74. The van der Waals surface area contributed by atoms with Gasteiger partial charge in [0.2, 0.25) is 4.77 Å². The summed E-state index contributed by atoms with van der Waals surface area (Å²) in [6.45, 7) is 6.08. The largest absolute Gasteiger partial charge is 0.362 e. The summed E-state index contributed by atoms with van der Waals surface area (Å²) >= 11 is 5.29. The zero-order valence-corrected chi connectivity index (χ0v) is 13.5. The van der Waals surface area contributed by atoms with Crippen molar-refractivity contribution in [2.24, 2.45) is 5.10 Å². The van der Waals surface area contributed by atoms with Crippen LogP contribution >= 0.6 is 12.2 Å². The highest BCUT2D eigenvalue weighted by molar-refractivity contribution is 7.71. The highest BCUT2D eigenvalue weighted by Gasteiger charge is 2.10. The van der Waals surface area contributed by atoms with E-state index in [0.29, 0.717) is 10.6 Å². The summed E-state index contributed by atoms with van der Waals surface area (Å²) in [6.07, 6.45) is 1.80. The number of benzene rings is 1. The number of nitrogens with one attached hydrogen (secondary N) is 2. The monoisotopic (exact) mass is 311 g/mol. The van der Waals surface area contributed by atoms with E-state index in [1.165, 1.54) is 0 Å². The average Bonchev–Trinajstić information content (AvgIpc) is 3.00. The number of H-pyrrole nitrogens is 2. The van der Waals surface area contributed by atoms with Gasteiger partial charge in [-0.25, -0.2) is 5.10 Å². The summed E-state index contributed by atoms with van der Waals surface area (Å²) in [5.74, 6) is 0.712. The molecule has 2 N–H and O–H groups in total. The van der Waals surface area contributed by atoms with Crippen LogP contribution in [0.5, 0.6) is 0 Å².